The minimum Gasteiger partial charge on any atom is -0.396 e. The van der Waals surface area contributed by atoms with Gasteiger partial charge in [0.05, 0.1) is 21.8 Å². The number of hydrogen-bond donors (Lipinski definition) is 3. The molecule has 4 rings (SSSR count). The highest BCUT2D eigenvalue weighted by Gasteiger charge is 2.27. The molecule has 2 atom stereocenters. The molecule has 0 unspecified atom stereocenters. The Bertz CT molecular complexity index is 983. The van der Waals surface area contributed by atoms with Crippen LogP contribution in [0.4, 0.5) is 20.5 Å². The molecular weight excluding hydrogens is 432 g/mol. The molecule has 0 radical (unpaired) electrons. The molecule has 2 aromatic heterocycles. The third-order valence-electron chi connectivity index (χ3n) is 5.22. The summed E-state index contributed by atoms with van der Waals surface area (Å²) in [5.41, 5.74) is 1.41. The van der Waals surface area contributed by atoms with Crippen molar-refractivity contribution < 1.29 is 13.9 Å². The molecule has 1 aromatic carbocycles. The van der Waals surface area contributed by atoms with Crippen molar-refractivity contribution in [2.24, 2.45) is 5.92 Å². The second-order valence-electron chi connectivity index (χ2n) is 7.40. The number of nitrogens with one attached hydrogen (secondary N) is 2. The van der Waals surface area contributed by atoms with Gasteiger partial charge in [0.2, 0.25) is 5.95 Å². The second-order valence-corrected chi connectivity index (χ2v) is 8.79. The van der Waals surface area contributed by atoms with Crippen molar-refractivity contribution in [2.75, 3.05) is 30.6 Å². The number of rotatable bonds is 8. The predicted molar refractivity (Wildman–Crippen MR) is 117 cm³/mol. The number of aliphatic hydroxyl groups excluding tert-OH is 1. The Morgan fingerprint density at radius 3 is 2.67 bits per heavy atom. The van der Waals surface area contributed by atoms with Crippen molar-refractivity contribution in [1.82, 2.24) is 15.0 Å². The molecule has 2 heterocycles. The van der Waals surface area contributed by atoms with Gasteiger partial charge in [0.1, 0.15) is 29.3 Å². The molecule has 6 nitrogen and oxygen atoms in total. The molecule has 0 spiro atoms. The summed E-state index contributed by atoms with van der Waals surface area (Å²) < 4.78 is 27.0. The molecule has 0 bridgehead atoms. The minimum atomic E-state index is -1.03. The fourth-order valence-corrected chi connectivity index (χ4v) is 4.96. The smallest absolute Gasteiger partial charge is 0.226 e. The predicted octanol–water partition coefficient (Wildman–Crippen LogP) is 4.70. The first-order chi connectivity index (χ1) is 14.6. The lowest BCUT2D eigenvalue weighted by molar-refractivity contribution is 0.229. The Morgan fingerprint density at radius 1 is 1.17 bits per heavy atom. The maximum atomic E-state index is 13.0. The molecule has 3 N–H and O–H groups in total. The zero-order valence-corrected chi connectivity index (χ0v) is 17.7. The van der Waals surface area contributed by atoms with Gasteiger partial charge in [-0.05, 0) is 37.3 Å². The molecule has 1 aliphatic rings. The fraction of sp³-hybridized carbons (Fsp3) is 0.450. The van der Waals surface area contributed by atoms with Gasteiger partial charge in [-0.15, -0.1) is 11.3 Å². The molecule has 0 amide bonds. The van der Waals surface area contributed by atoms with E-state index in [1.165, 1.54) is 11.3 Å². The summed E-state index contributed by atoms with van der Waals surface area (Å²) in [5.74, 6) is 0.770. The third-order valence-corrected chi connectivity index (χ3v) is 6.55. The number of fused-ring (bicyclic) bond motifs is 1. The number of benzene rings is 1. The SMILES string of the molecule is OC[C@@H]1CC[C@H](Nc2nc(NC(CF)CF)nc(Cl)c2-c2nc3ccccc3s2)C1. The summed E-state index contributed by atoms with van der Waals surface area (Å²) in [4.78, 5) is 13.4. The minimum absolute atomic E-state index is 0.0596. The molecule has 30 heavy (non-hydrogen) atoms. The number of aliphatic hydroxyl groups is 1. The summed E-state index contributed by atoms with van der Waals surface area (Å²) in [7, 11) is 0. The van der Waals surface area contributed by atoms with Crippen LogP contribution in [0.2, 0.25) is 5.15 Å². The van der Waals surface area contributed by atoms with E-state index in [9.17, 15) is 13.9 Å². The van der Waals surface area contributed by atoms with Crippen LogP contribution in [0.15, 0.2) is 24.3 Å². The largest absolute Gasteiger partial charge is 0.396 e. The number of nitrogens with zero attached hydrogens (tertiary/aromatic N) is 3. The Morgan fingerprint density at radius 2 is 1.97 bits per heavy atom. The number of para-hydroxylation sites is 1. The van der Waals surface area contributed by atoms with Crippen LogP contribution < -0.4 is 10.6 Å². The van der Waals surface area contributed by atoms with Crippen LogP contribution in [0.25, 0.3) is 20.8 Å². The zero-order valence-electron chi connectivity index (χ0n) is 16.1. The molecule has 1 fully saturated rings. The Hall–Kier alpha value is -2.10. The highest BCUT2D eigenvalue weighted by molar-refractivity contribution is 7.21. The van der Waals surface area contributed by atoms with E-state index in [4.69, 9.17) is 11.6 Å². The second kappa shape index (κ2) is 9.36. The van der Waals surface area contributed by atoms with Crippen molar-refractivity contribution in [2.45, 2.75) is 31.3 Å². The van der Waals surface area contributed by atoms with E-state index in [1.54, 1.807) is 0 Å². The van der Waals surface area contributed by atoms with Crippen LogP contribution in [-0.4, -0.2) is 52.1 Å². The van der Waals surface area contributed by atoms with Gasteiger partial charge in [-0.2, -0.15) is 4.98 Å². The lowest BCUT2D eigenvalue weighted by Crippen LogP contribution is -2.26. The van der Waals surface area contributed by atoms with Gasteiger partial charge in [0.25, 0.3) is 0 Å². The third kappa shape index (κ3) is 4.48. The first kappa shape index (κ1) is 21.1. The van der Waals surface area contributed by atoms with Crippen LogP contribution in [0, 0.1) is 5.92 Å². The van der Waals surface area contributed by atoms with Crippen LogP contribution in [0.3, 0.4) is 0 Å². The first-order valence-corrected chi connectivity index (χ1v) is 11.0. The van der Waals surface area contributed by atoms with Crippen LogP contribution in [0.1, 0.15) is 19.3 Å². The van der Waals surface area contributed by atoms with Gasteiger partial charge < -0.3 is 15.7 Å². The first-order valence-electron chi connectivity index (χ1n) is 9.80. The number of anilines is 2. The van der Waals surface area contributed by atoms with E-state index in [2.05, 4.69) is 25.6 Å². The topological polar surface area (TPSA) is 83.0 Å². The molecule has 160 valence electrons. The standard InChI is InChI=1S/C20H22ClF2N5OS/c21-17-16(19-26-14-3-1-2-4-15(14)30-19)18(24-12-6-5-11(7-12)10-29)28-20(27-17)25-13(8-22)9-23/h1-4,11-13,29H,5-10H2,(H2,24,25,27,28)/t11-,12+/m1/s1. The van der Waals surface area contributed by atoms with Crippen LogP contribution in [-0.2, 0) is 0 Å². The highest BCUT2D eigenvalue weighted by Crippen LogP contribution is 2.39. The quantitative estimate of drug-likeness (QED) is 0.429. The maximum Gasteiger partial charge on any atom is 0.226 e. The molecule has 1 saturated carbocycles. The van der Waals surface area contributed by atoms with Gasteiger partial charge in [-0.25, -0.2) is 18.7 Å². The van der Waals surface area contributed by atoms with Crippen molar-refractivity contribution in [3.8, 4) is 10.6 Å². The van der Waals surface area contributed by atoms with E-state index >= 15 is 0 Å². The Labute approximate surface area is 181 Å². The van der Waals surface area contributed by atoms with Crippen molar-refractivity contribution in [3.63, 3.8) is 0 Å². The molecule has 3 aromatic rings. The van der Waals surface area contributed by atoms with Crippen molar-refractivity contribution in [1.29, 1.82) is 0 Å². The number of thiazole rings is 1. The number of aromatic nitrogens is 3. The summed E-state index contributed by atoms with van der Waals surface area (Å²) in [5, 5.41) is 16.3. The van der Waals surface area contributed by atoms with E-state index in [1.807, 2.05) is 24.3 Å². The number of alkyl halides is 2. The summed E-state index contributed by atoms with van der Waals surface area (Å²) in [6.45, 7) is -1.63. The summed E-state index contributed by atoms with van der Waals surface area (Å²) in [6.07, 6.45) is 2.60. The average Bonchev–Trinajstić information content (AvgIpc) is 3.38. The van der Waals surface area contributed by atoms with Crippen LogP contribution in [0.5, 0.6) is 0 Å². The van der Waals surface area contributed by atoms with Gasteiger partial charge in [0, 0.05) is 12.6 Å². The zero-order chi connectivity index (χ0) is 21.1. The summed E-state index contributed by atoms with van der Waals surface area (Å²) >= 11 is 7.99. The Kier molecular flexibility index (Phi) is 6.60. The lowest BCUT2D eigenvalue weighted by atomic mass is 10.1. The average molecular weight is 454 g/mol. The number of hydrogen-bond acceptors (Lipinski definition) is 7. The fourth-order valence-electron chi connectivity index (χ4n) is 3.64. The van der Waals surface area contributed by atoms with Crippen LogP contribution >= 0.6 is 22.9 Å². The summed E-state index contributed by atoms with van der Waals surface area (Å²) in [6, 6.07) is 6.82. The highest BCUT2D eigenvalue weighted by atomic mass is 35.5. The lowest BCUT2D eigenvalue weighted by Gasteiger charge is -2.19. The van der Waals surface area contributed by atoms with Gasteiger partial charge in [-0.3, -0.25) is 0 Å². The normalized spacial score (nSPS) is 19.0. The van der Waals surface area contributed by atoms with Gasteiger partial charge >= 0.3 is 0 Å². The van der Waals surface area contributed by atoms with Crippen molar-refractivity contribution in [3.05, 3.63) is 29.4 Å². The van der Waals surface area contributed by atoms with Gasteiger partial charge in [0.15, 0.2) is 0 Å². The van der Waals surface area contributed by atoms with E-state index in [-0.39, 0.29) is 29.7 Å². The number of halogens is 3. The molecule has 0 saturated heterocycles. The molecular formula is C20H22ClF2N5OS. The molecule has 0 aliphatic heterocycles. The monoisotopic (exact) mass is 453 g/mol. The van der Waals surface area contributed by atoms with Gasteiger partial charge in [-0.1, -0.05) is 23.7 Å². The molecule has 10 heteroatoms. The van der Waals surface area contributed by atoms with E-state index < -0.39 is 19.4 Å². The van der Waals surface area contributed by atoms with Crippen molar-refractivity contribution >= 4 is 44.9 Å². The van der Waals surface area contributed by atoms with E-state index in [0.717, 1.165) is 29.5 Å². The maximum absolute atomic E-state index is 13.0. The molecule has 1 aliphatic carbocycles. The van der Waals surface area contributed by atoms with E-state index in [0.29, 0.717) is 16.4 Å². The Balaban J connectivity index is 1.73.